The third-order valence-corrected chi connectivity index (χ3v) is 16.3. The van der Waals surface area contributed by atoms with Crippen molar-refractivity contribution in [3.05, 3.63) is 151 Å². The van der Waals surface area contributed by atoms with Gasteiger partial charge in [-0.15, -0.1) is 22.7 Å². The summed E-state index contributed by atoms with van der Waals surface area (Å²) < 4.78 is 0. The van der Waals surface area contributed by atoms with Crippen LogP contribution in [0.2, 0.25) is 0 Å². The first-order valence-electron chi connectivity index (χ1n) is 23.0. The average Bonchev–Trinajstić information content (AvgIpc) is 3.93. The van der Waals surface area contributed by atoms with E-state index >= 15 is 19.2 Å². The van der Waals surface area contributed by atoms with Gasteiger partial charge >= 0.3 is 0 Å². The molecule has 2 aromatic heterocycles. The molecule has 11 rings (SSSR count). The molecule has 0 unspecified atom stereocenters. The number of aryl methyl sites for hydroxylation is 2. The van der Waals surface area contributed by atoms with Crippen molar-refractivity contribution < 1.29 is 19.2 Å². The summed E-state index contributed by atoms with van der Waals surface area (Å²) in [7, 11) is 0. The maximum absolute atomic E-state index is 15.6. The zero-order valence-electron chi connectivity index (χ0n) is 38.9. The van der Waals surface area contributed by atoms with Crippen LogP contribution in [0.25, 0.3) is 64.0 Å². The van der Waals surface area contributed by atoms with Crippen molar-refractivity contribution >= 4 is 101 Å². The van der Waals surface area contributed by atoms with Gasteiger partial charge in [0.15, 0.2) is 0 Å². The number of nitrogens with zero attached hydrogens (tertiary/aromatic N) is 2. The summed E-state index contributed by atoms with van der Waals surface area (Å²) in [6.07, 6.45) is 0. The molecular formula is C58H50N2O4S2. The highest BCUT2D eigenvalue weighted by molar-refractivity contribution is 7.14. The Morgan fingerprint density at radius 3 is 1.02 bits per heavy atom. The maximum atomic E-state index is 15.6. The third kappa shape index (κ3) is 5.70. The maximum Gasteiger partial charge on any atom is 0.266 e. The molecule has 66 heavy (non-hydrogen) atoms. The smallest absolute Gasteiger partial charge is 0.266 e. The van der Waals surface area contributed by atoms with Gasteiger partial charge in [0, 0.05) is 53.9 Å². The molecule has 0 fully saturated rings. The first-order chi connectivity index (χ1) is 31.6. The molecule has 0 N–H and O–H groups in total. The lowest BCUT2D eigenvalue weighted by molar-refractivity contribution is 0.0877. The first-order valence-corrected chi connectivity index (χ1v) is 24.8. The van der Waals surface area contributed by atoms with Gasteiger partial charge in [0.1, 0.15) is 0 Å². The van der Waals surface area contributed by atoms with Crippen molar-refractivity contribution in [2.24, 2.45) is 0 Å². The predicted molar refractivity (Wildman–Crippen MR) is 275 cm³/mol. The number of rotatable bonds is 8. The predicted octanol–water partition coefficient (Wildman–Crippen LogP) is 15.9. The number of imide groups is 2. The SMILES string of the molecule is Cc1ccsc1-c1cc2c3c(ccc4c5c(-c6sccc6C)cc6c7c(ccc(c1c34)c75)C(=O)N(c1c(C(C)C)cccc1C(C)C)C6=O)C(=O)N(c1c(C(C)C)cccc1C(C)C)C2=O. The Hall–Kier alpha value is -6.48. The van der Waals surface area contributed by atoms with Crippen molar-refractivity contribution in [1.29, 1.82) is 0 Å². The lowest BCUT2D eigenvalue weighted by Gasteiger charge is -2.34. The van der Waals surface area contributed by atoms with Crippen LogP contribution in [0, 0.1) is 13.8 Å². The Kier molecular flexibility index (Phi) is 9.60. The number of carbonyl (C=O) groups excluding carboxylic acids is 4. The van der Waals surface area contributed by atoms with E-state index in [0.29, 0.717) is 44.4 Å². The molecule has 4 amide bonds. The Labute approximate surface area is 392 Å². The molecule has 9 aromatic rings. The summed E-state index contributed by atoms with van der Waals surface area (Å²) in [5.41, 5.74) is 11.0. The lowest BCUT2D eigenvalue weighted by atomic mass is 9.78. The van der Waals surface area contributed by atoms with Crippen molar-refractivity contribution in [3.8, 4) is 20.9 Å². The van der Waals surface area contributed by atoms with Crippen LogP contribution in [0.1, 0.15) is 154 Å². The van der Waals surface area contributed by atoms with Crippen LogP contribution in [0.3, 0.4) is 0 Å². The number of amides is 4. The number of anilines is 2. The van der Waals surface area contributed by atoms with Crippen LogP contribution in [0.5, 0.6) is 0 Å². The first kappa shape index (κ1) is 42.2. The minimum atomic E-state index is -0.343. The molecular weight excluding hydrogens is 853 g/mol. The fourth-order valence-corrected chi connectivity index (χ4v) is 13.0. The Bertz CT molecular complexity index is 3330. The van der Waals surface area contributed by atoms with Crippen molar-refractivity contribution in [2.45, 2.75) is 92.9 Å². The van der Waals surface area contributed by atoms with Crippen LogP contribution in [0.15, 0.2) is 95.7 Å². The largest absolute Gasteiger partial charge is 0.268 e. The van der Waals surface area contributed by atoms with Crippen LogP contribution >= 0.6 is 22.7 Å². The van der Waals surface area contributed by atoms with E-state index in [1.165, 1.54) is 9.80 Å². The second-order valence-corrected chi connectivity index (χ2v) is 21.3. The normalized spacial score (nSPS) is 14.2. The summed E-state index contributed by atoms with van der Waals surface area (Å²) in [6.45, 7) is 21.0. The van der Waals surface area contributed by atoms with E-state index in [1.807, 2.05) is 72.8 Å². The van der Waals surface area contributed by atoms with E-state index in [4.69, 9.17) is 0 Å². The van der Waals surface area contributed by atoms with E-state index < -0.39 is 0 Å². The fourth-order valence-electron chi connectivity index (χ4n) is 11.1. The van der Waals surface area contributed by atoms with Crippen LogP contribution in [0.4, 0.5) is 11.4 Å². The van der Waals surface area contributed by atoms with Crippen LogP contribution < -0.4 is 9.80 Å². The number of hydrogen-bond donors (Lipinski definition) is 0. The second-order valence-electron chi connectivity index (χ2n) is 19.5. The average molecular weight is 903 g/mol. The van der Waals surface area contributed by atoms with E-state index in [2.05, 4.69) is 92.1 Å². The van der Waals surface area contributed by atoms with Crippen molar-refractivity contribution in [3.63, 3.8) is 0 Å². The summed E-state index contributed by atoms with van der Waals surface area (Å²) in [4.78, 5) is 66.7. The zero-order chi connectivity index (χ0) is 46.4. The molecule has 8 heteroatoms. The molecule has 0 saturated heterocycles. The molecule has 0 atom stereocenters. The summed E-state index contributed by atoms with van der Waals surface area (Å²) in [5.74, 6) is -1.13. The van der Waals surface area contributed by atoms with Gasteiger partial charge in [-0.05, 0) is 150 Å². The van der Waals surface area contributed by atoms with Gasteiger partial charge in [-0.1, -0.05) is 104 Å². The summed E-state index contributed by atoms with van der Waals surface area (Å²) in [5, 5.41) is 10.6. The number of thiophene rings is 2. The molecule has 2 aliphatic heterocycles. The topological polar surface area (TPSA) is 74.8 Å². The molecule has 0 spiro atoms. The van der Waals surface area contributed by atoms with Crippen molar-refractivity contribution in [2.75, 3.05) is 9.80 Å². The molecule has 0 radical (unpaired) electrons. The van der Waals surface area contributed by atoms with Crippen LogP contribution in [-0.2, 0) is 0 Å². The number of benzene rings is 7. The zero-order valence-corrected chi connectivity index (χ0v) is 40.5. The molecule has 7 aromatic carbocycles. The fraction of sp³-hybridized carbons (Fsp3) is 0.241. The Morgan fingerprint density at radius 2 is 0.712 bits per heavy atom. The standard InChI is InChI=1S/C58H50N2O4S2/c1-27(2)33-13-11-14-34(28(3)4)51(33)59-55(61)39-19-17-37-46-42(54-32(10)22-24-66-54)26-44-48-40(56(62)60(58(44)64)52-35(29(5)6)15-12-16-36(52)30(7)8)20-18-38(50(46)48)45-41(53-31(9)21-23-65-53)25-43(57(59)63)47(39)49(37)45/h11-30H,1-10H3. The Morgan fingerprint density at radius 1 is 0.379 bits per heavy atom. The molecule has 328 valence electrons. The third-order valence-electron chi connectivity index (χ3n) is 14.2. The van der Waals surface area contributed by atoms with E-state index in [0.717, 1.165) is 86.6 Å². The molecule has 0 bridgehead atoms. The van der Waals surface area contributed by atoms with Gasteiger partial charge < -0.3 is 0 Å². The van der Waals surface area contributed by atoms with Gasteiger partial charge in [0.05, 0.1) is 11.4 Å². The molecule has 2 aliphatic rings. The highest BCUT2D eigenvalue weighted by Crippen LogP contribution is 2.54. The van der Waals surface area contributed by atoms with E-state index in [1.54, 1.807) is 22.7 Å². The molecule has 0 aliphatic carbocycles. The van der Waals surface area contributed by atoms with Crippen molar-refractivity contribution in [1.82, 2.24) is 0 Å². The number of carbonyl (C=O) groups is 4. The monoisotopic (exact) mass is 902 g/mol. The number of hydrogen-bond acceptors (Lipinski definition) is 6. The minimum absolute atomic E-state index is 0.0613. The van der Waals surface area contributed by atoms with Crippen LogP contribution in [-0.4, -0.2) is 23.6 Å². The van der Waals surface area contributed by atoms with Gasteiger partial charge in [-0.2, -0.15) is 0 Å². The summed E-state index contributed by atoms with van der Waals surface area (Å²) >= 11 is 3.24. The Balaban J connectivity index is 1.30. The van der Waals surface area contributed by atoms with Gasteiger partial charge in [0.2, 0.25) is 0 Å². The number of fused-ring (bicyclic) bond motifs is 2. The second kappa shape index (κ2) is 15.0. The minimum Gasteiger partial charge on any atom is -0.268 e. The van der Waals surface area contributed by atoms with Gasteiger partial charge in [-0.3, -0.25) is 19.2 Å². The number of para-hydroxylation sites is 2. The molecule has 6 nitrogen and oxygen atoms in total. The van der Waals surface area contributed by atoms with Gasteiger partial charge in [0.25, 0.3) is 23.6 Å². The highest BCUT2D eigenvalue weighted by atomic mass is 32.1. The summed E-state index contributed by atoms with van der Waals surface area (Å²) in [6, 6.07) is 28.3. The quantitative estimate of drug-likeness (QED) is 0.0865. The molecule has 4 heterocycles. The molecule has 0 saturated carbocycles. The van der Waals surface area contributed by atoms with E-state index in [9.17, 15) is 0 Å². The van der Waals surface area contributed by atoms with Gasteiger partial charge in [-0.25, -0.2) is 9.80 Å². The van der Waals surface area contributed by atoms with E-state index in [-0.39, 0.29) is 47.3 Å². The highest BCUT2D eigenvalue weighted by Gasteiger charge is 2.42. The lowest BCUT2D eigenvalue weighted by Crippen LogP contribution is -2.42.